The molecule has 2 rings (SSSR count). The van der Waals surface area contributed by atoms with Gasteiger partial charge in [-0.3, -0.25) is 4.79 Å². The van der Waals surface area contributed by atoms with E-state index in [9.17, 15) is 9.59 Å². The molecule has 6 heteroatoms. The number of carbonyl (C=O) groups is 2. The molecule has 0 aliphatic rings. The number of carbonyl (C=O) groups excluding carboxylic acids is 2. The molecule has 1 unspecified atom stereocenters. The second kappa shape index (κ2) is 12.5. The first-order valence-electron chi connectivity index (χ1n) is 9.55. The van der Waals surface area contributed by atoms with Crippen molar-refractivity contribution in [3.05, 3.63) is 71.8 Å². The van der Waals surface area contributed by atoms with Crippen LogP contribution in [0, 0.1) is 0 Å². The minimum absolute atomic E-state index is 0.153. The van der Waals surface area contributed by atoms with Gasteiger partial charge in [0.15, 0.2) is 0 Å². The van der Waals surface area contributed by atoms with Crippen LogP contribution in [0.1, 0.15) is 24.5 Å². The molecule has 2 aromatic carbocycles. The van der Waals surface area contributed by atoms with Crippen molar-refractivity contribution in [1.82, 2.24) is 10.6 Å². The monoisotopic (exact) mass is 384 g/mol. The summed E-state index contributed by atoms with van der Waals surface area (Å²) in [5.74, 6) is -0.239. The van der Waals surface area contributed by atoms with Crippen molar-refractivity contribution in [2.45, 2.75) is 32.4 Å². The van der Waals surface area contributed by atoms with Gasteiger partial charge < -0.3 is 20.1 Å². The Hall–Kier alpha value is -2.86. The number of amides is 2. The molecule has 0 heterocycles. The summed E-state index contributed by atoms with van der Waals surface area (Å²) >= 11 is 0. The molecule has 0 saturated carbocycles. The maximum atomic E-state index is 12.6. The zero-order valence-electron chi connectivity index (χ0n) is 16.2. The molecule has 150 valence electrons. The highest BCUT2D eigenvalue weighted by atomic mass is 16.5. The second-order valence-electron chi connectivity index (χ2n) is 6.29. The van der Waals surface area contributed by atoms with E-state index in [2.05, 4.69) is 10.6 Å². The van der Waals surface area contributed by atoms with Crippen LogP contribution in [0.2, 0.25) is 0 Å². The molecule has 6 nitrogen and oxygen atoms in total. The quantitative estimate of drug-likeness (QED) is 0.584. The van der Waals surface area contributed by atoms with Gasteiger partial charge in [0, 0.05) is 26.2 Å². The number of hydrogen-bond acceptors (Lipinski definition) is 4. The van der Waals surface area contributed by atoms with Crippen molar-refractivity contribution in [2.24, 2.45) is 0 Å². The third-order valence-electron chi connectivity index (χ3n) is 4.07. The first-order valence-corrected chi connectivity index (χ1v) is 9.55. The van der Waals surface area contributed by atoms with Crippen LogP contribution in [0.5, 0.6) is 0 Å². The number of benzene rings is 2. The van der Waals surface area contributed by atoms with Crippen LogP contribution >= 0.6 is 0 Å². The van der Waals surface area contributed by atoms with Gasteiger partial charge in [0.25, 0.3) is 0 Å². The van der Waals surface area contributed by atoms with Crippen LogP contribution in [0.3, 0.4) is 0 Å². The van der Waals surface area contributed by atoms with Crippen LogP contribution in [-0.2, 0) is 27.3 Å². The molecule has 0 aliphatic heterocycles. The number of rotatable bonds is 11. The fraction of sp³-hybridized carbons (Fsp3) is 0.364. The van der Waals surface area contributed by atoms with Crippen molar-refractivity contribution in [3.8, 4) is 0 Å². The van der Waals surface area contributed by atoms with Crippen molar-refractivity contribution in [3.63, 3.8) is 0 Å². The molecule has 0 aliphatic carbocycles. The largest absolute Gasteiger partial charge is 0.445 e. The Morgan fingerprint density at radius 3 is 2.25 bits per heavy atom. The Labute approximate surface area is 166 Å². The molecule has 0 radical (unpaired) electrons. The summed E-state index contributed by atoms with van der Waals surface area (Å²) in [4.78, 5) is 24.8. The molecule has 28 heavy (non-hydrogen) atoms. The fourth-order valence-electron chi connectivity index (χ4n) is 2.62. The lowest BCUT2D eigenvalue weighted by Crippen LogP contribution is -2.48. The number of ether oxygens (including phenoxy) is 2. The van der Waals surface area contributed by atoms with Crippen molar-refractivity contribution in [1.29, 1.82) is 0 Å². The zero-order chi connectivity index (χ0) is 20.0. The van der Waals surface area contributed by atoms with Gasteiger partial charge in [0.1, 0.15) is 12.6 Å². The normalized spacial score (nSPS) is 11.5. The van der Waals surface area contributed by atoms with Crippen LogP contribution in [-0.4, -0.2) is 37.8 Å². The minimum atomic E-state index is -0.710. The lowest BCUT2D eigenvalue weighted by molar-refractivity contribution is -0.123. The van der Waals surface area contributed by atoms with Gasteiger partial charge in [-0.25, -0.2) is 4.79 Å². The minimum Gasteiger partial charge on any atom is -0.445 e. The summed E-state index contributed by atoms with van der Waals surface area (Å²) in [6.07, 6.45) is 0.489. The number of hydrogen-bond donors (Lipinski definition) is 2. The van der Waals surface area contributed by atoms with Crippen molar-refractivity contribution >= 4 is 12.0 Å². The molecule has 0 aromatic heterocycles. The summed E-state index contributed by atoms with van der Waals surface area (Å²) in [5.41, 5.74) is 1.85. The SMILES string of the molecule is CCOCCCNC(=O)C(Cc1ccccc1)NC(=O)OCc1ccccc1. The van der Waals surface area contributed by atoms with Crippen LogP contribution in [0.15, 0.2) is 60.7 Å². The van der Waals surface area contributed by atoms with E-state index in [0.717, 1.165) is 17.5 Å². The standard InChI is InChI=1S/C22H28N2O4/c1-2-27-15-9-14-23-21(25)20(16-18-10-5-3-6-11-18)24-22(26)28-17-19-12-7-4-8-13-19/h3-8,10-13,20H,2,9,14-17H2,1H3,(H,23,25)(H,24,26). The highest BCUT2D eigenvalue weighted by Gasteiger charge is 2.21. The van der Waals surface area contributed by atoms with Crippen LogP contribution in [0.25, 0.3) is 0 Å². The van der Waals surface area contributed by atoms with Gasteiger partial charge in [-0.15, -0.1) is 0 Å². The van der Waals surface area contributed by atoms with Gasteiger partial charge in [-0.05, 0) is 24.5 Å². The van der Waals surface area contributed by atoms with Gasteiger partial charge in [-0.1, -0.05) is 60.7 Å². The maximum absolute atomic E-state index is 12.6. The van der Waals surface area contributed by atoms with Gasteiger partial charge >= 0.3 is 6.09 Å². The molecule has 2 aromatic rings. The van der Waals surface area contributed by atoms with E-state index in [1.165, 1.54) is 0 Å². The van der Waals surface area contributed by atoms with E-state index in [0.29, 0.717) is 26.2 Å². The third kappa shape index (κ3) is 8.22. The van der Waals surface area contributed by atoms with Gasteiger partial charge in [0.05, 0.1) is 0 Å². The Balaban J connectivity index is 1.89. The second-order valence-corrected chi connectivity index (χ2v) is 6.29. The lowest BCUT2D eigenvalue weighted by Gasteiger charge is -2.18. The summed E-state index contributed by atoms with van der Waals surface area (Å²) in [6.45, 7) is 3.82. The number of alkyl carbamates (subject to hydrolysis) is 1. The van der Waals surface area contributed by atoms with E-state index in [1.807, 2.05) is 67.6 Å². The van der Waals surface area contributed by atoms with Gasteiger partial charge in [0.2, 0.25) is 5.91 Å². The van der Waals surface area contributed by atoms with Crippen molar-refractivity contribution < 1.29 is 19.1 Å². The van der Waals surface area contributed by atoms with Crippen LogP contribution in [0.4, 0.5) is 4.79 Å². The molecule has 2 N–H and O–H groups in total. The van der Waals surface area contributed by atoms with E-state index < -0.39 is 12.1 Å². The molecule has 0 fully saturated rings. The highest BCUT2D eigenvalue weighted by Crippen LogP contribution is 2.05. The molecule has 0 bridgehead atoms. The summed E-state index contributed by atoms with van der Waals surface area (Å²) < 4.78 is 10.5. The average molecular weight is 384 g/mol. The Kier molecular flexibility index (Phi) is 9.58. The first-order chi connectivity index (χ1) is 13.7. The molecule has 1 atom stereocenters. The third-order valence-corrected chi connectivity index (χ3v) is 4.07. The maximum Gasteiger partial charge on any atom is 0.408 e. The van der Waals surface area contributed by atoms with Gasteiger partial charge in [-0.2, -0.15) is 0 Å². The fourth-order valence-corrected chi connectivity index (χ4v) is 2.62. The summed E-state index contributed by atoms with van der Waals surface area (Å²) in [6, 6.07) is 18.3. The first kappa shape index (κ1) is 21.4. The lowest BCUT2D eigenvalue weighted by atomic mass is 10.1. The smallest absolute Gasteiger partial charge is 0.408 e. The molecule has 0 spiro atoms. The highest BCUT2D eigenvalue weighted by molar-refractivity contribution is 5.85. The van der Waals surface area contributed by atoms with Crippen molar-refractivity contribution in [2.75, 3.05) is 19.8 Å². The van der Waals surface area contributed by atoms with E-state index in [-0.39, 0.29) is 12.5 Å². The van der Waals surface area contributed by atoms with E-state index in [4.69, 9.17) is 9.47 Å². The van der Waals surface area contributed by atoms with E-state index in [1.54, 1.807) is 0 Å². The summed E-state index contributed by atoms with van der Waals surface area (Å²) in [5, 5.41) is 5.53. The zero-order valence-corrected chi connectivity index (χ0v) is 16.2. The molecule has 0 saturated heterocycles. The molecular weight excluding hydrogens is 356 g/mol. The van der Waals surface area contributed by atoms with E-state index >= 15 is 0 Å². The topological polar surface area (TPSA) is 76.7 Å². The van der Waals surface area contributed by atoms with Crippen LogP contribution < -0.4 is 10.6 Å². The Morgan fingerprint density at radius 2 is 1.61 bits per heavy atom. The Morgan fingerprint density at radius 1 is 0.964 bits per heavy atom. The predicted molar refractivity (Wildman–Crippen MR) is 108 cm³/mol. The Bertz CT molecular complexity index is 707. The predicted octanol–water partition coefficient (Wildman–Crippen LogP) is 3.07. The molecule has 2 amide bonds. The summed E-state index contributed by atoms with van der Waals surface area (Å²) in [7, 11) is 0. The molecular formula is C22H28N2O4. The average Bonchev–Trinajstić information content (AvgIpc) is 2.73. The number of nitrogens with one attached hydrogen (secondary N) is 2.